The second-order valence-corrected chi connectivity index (χ2v) is 7.94. The molecule has 0 saturated carbocycles. The Morgan fingerprint density at radius 1 is 1.23 bits per heavy atom. The Labute approximate surface area is 178 Å². The Balaban J connectivity index is 1.55. The van der Waals surface area contributed by atoms with Crippen LogP contribution in [0.25, 0.3) is 11.5 Å². The van der Waals surface area contributed by atoms with Crippen LogP contribution in [0.2, 0.25) is 0 Å². The van der Waals surface area contributed by atoms with Crippen molar-refractivity contribution in [2.75, 3.05) is 45.9 Å². The van der Waals surface area contributed by atoms with E-state index in [0.717, 1.165) is 44.1 Å². The SMILES string of the molecule is CCNC(=NCc1coc(-c2ccc(C)cc2)n1)NCC(C)(O)CN1CCOCC1. The zero-order valence-corrected chi connectivity index (χ0v) is 18.1. The quantitative estimate of drug-likeness (QED) is 0.447. The minimum absolute atomic E-state index is 0.385. The molecule has 1 unspecified atom stereocenters. The van der Waals surface area contributed by atoms with E-state index in [4.69, 9.17) is 9.15 Å². The summed E-state index contributed by atoms with van der Waals surface area (Å²) >= 11 is 0. The number of hydrogen-bond acceptors (Lipinski definition) is 6. The van der Waals surface area contributed by atoms with Crippen LogP contribution < -0.4 is 10.6 Å². The number of aliphatic imine (C=N–C) groups is 1. The first kappa shape index (κ1) is 22.3. The Hall–Kier alpha value is -2.42. The maximum atomic E-state index is 10.8. The molecule has 1 aromatic carbocycles. The topological polar surface area (TPSA) is 95.2 Å². The van der Waals surface area contributed by atoms with E-state index in [1.807, 2.05) is 45.0 Å². The molecule has 0 amide bonds. The number of benzene rings is 1. The maximum absolute atomic E-state index is 10.8. The summed E-state index contributed by atoms with van der Waals surface area (Å²) in [5, 5.41) is 17.2. The van der Waals surface area contributed by atoms with Crippen LogP contribution in [0.3, 0.4) is 0 Å². The van der Waals surface area contributed by atoms with E-state index in [1.165, 1.54) is 5.56 Å². The molecule has 8 nitrogen and oxygen atoms in total. The van der Waals surface area contributed by atoms with Crippen molar-refractivity contribution in [3.63, 3.8) is 0 Å². The lowest BCUT2D eigenvalue weighted by Crippen LogP contribution is -2.52. The predicted molar refractivity (Wildman–Crippen MR) is 117 cm³/mol. The second kappa shape index (κ2) is 10.6. The number of aliphatic hydroxyl groups is 1. The van der Waals surface area contributed by atoms with Gasteiger partial charge in [0.05, 0.1) is 25.4 Å². The molecular weight excluding hydrogens is 382 g/mol. The third-order valence-electron chi connectivity index (χ3n) is 4.90. The van der Waals surface area contributed by atoms with E-state index < -0.39 is 5.60 Å². The first-order valence-corrected chi connectivity index (χ1v) is 10.5. The number of β-amino-alcohol motifs (C(OH)–C–C–N with tert-alkyl or cyclic N) is 1. The van der Waals surface area contributed by atoms with Gasteiger partial charge in [0, 0.05) is 38.3 Å². The van der Waals surface area contributed by atoms with Gasteiger partial charge >= 0.3 is 0 Å². The predicted octanol–water partition coefficient (Wildman–Crippen LogP) is 1.79. The number of aromatic nitrogens is 1. The summed E-state index contributed by atoms with van der Waals surface area (Å²) in [5.41, 5.74) is 2.02. The summed E-state index contributed by atoms with van der Waals surface area (Å²) in [6.07, 6.45) is 1.64. The highest BCUT2D eigenvalue weighted by Crippen LogP contribution is 2.19. The Morgan fingerprint density at radius 3 is 2.67 bits per heavy atom. The molecule has 1 fully saturated rings. The molecule has 0 spiro atoms. The molecule has 1 aromatic heterocycles. The van der Waals surface area contributed by atoms with Crippen LogP contribution in [-0.2, 0) is 11.3 Å². The summed E-state index contributed by atoms with van der Waals surface area (Å²) in [6.45, 7) is 11.1. The fraction of sp³-hybridized carbons (Fsp3) is 0.545. The largest absolute Gasteiger partial charge is 0.444 e. The molecule has 164 valence electrons. The number of oxazole rings is 1. The minimum atomic E-state index is -0.875. The van der Waals surface area contributed by atoms with E-state index in [1.54, 1.807) is 6.26 Å². The summed E-state index contributed by atoms with van der Waals surface area (Å²) in [6, 6.07) is 8.06. The number of morpholine rings is 1. The van der Waals surface area contributed by atoms with Crippen molar-refractivity contribution in [1.29, 1.82) is 0 Å². The highest BCUT2D eigenvalue weighted by molar-refractivity contribution is 5.79. The average Bonchev–Trinajstić information content (AvgIpc) is 3.20. The van der Waals surface area contributed by atoms with Crippen LogP contribution in [0.4, 0.5) is 0 Å². The van der Waals surface area contributed by atoms with Crippen molar-refractivity contribution >= 4 is 5.96 Å². The summed E-state index contributed by atoms with van der Waals surface area (Å²) in [7, 11) is 0. The fourth-order valence-corrected chi connectivity index (χ4v) is 3.28. The van der Waals surface area contributed by atoms with Gasteiger partial charge in [-0.25, -0.2) is 9.98 Å². The van der Waals surface area contributed by atoms with Gasteiger partial charge in [-0.3, -0.25) is 4.90 Å². The first-order valence-electron chi connectivity index (χ1n) is 10.5. The van der Waals surface area contributed by atoms with Crippen LogP contribution in [0, 0.1) is 6.92 Å². The molecule has 0 radical (unpaired) electrons. The zero-order valence-electron chi connectivity index (χ0n) is 18.1. The van der Waals surface area contributed by atoms with Gasteiger partial charge < -0.3 is 24.9 Å². The van der Waals surface area contributed by atoms with Gasteiger partial charge in [0.1, 0.15) is 12.0 Å². The van der Waals surface area contributed by atoms with E-state index in [9.17, 15) is 5.11 Å². The lowest BCUT2D eigenvalue weighted by Gasteiger charge is -2.34. The van der Waals surface area contributed by atoms with Gasteiger partial charge in [-0.05, 0) is 32.9 Å². The van der Waals surface area contributed by atoms with Gasteiger partial charge in [0.25, 0.3) is 0 Å². The lowest BCUT2D eigenvalue weighted by atomic mass is 10.1. The molecule has 3 rings (SSSR count). The van der Waals surface area contributed by atoms with Crippen molar-refractivity contribution in [2.24, 2.45) is 4.99 Å². The summed E-state index contributed by atoms with van der Waals surface area (Å²) in [5.74, 6) is 1.23. The molecule has 0 aliphatic carbocycles. The molecule has 2 heterocycles. The van der Waals surface area contributed by atoms with Crippen LogP contribution in [0.5, 0.6) is 0 Å². The smallest absolute Gasteiger partial charge is 0.226 e. The van der Waals surface area contributed by atoms with E-state index in [-0.39, 0.29) is 0 Å². The van der Waals surface area contributed by atoms with Crippen LogP contribution in [-0.4, -0.2) is 72.5 Å². The molecule has 3 N–H and O–H groups in total. The van der Waals surface area contributed by atoms with Crippen molar-refractivity contribution < 1.29 is 14.3 Å². The summed E-state index contributed by atoms with van der Waals surface area (Å²) < 4.78 is 11.0. The third-order valence-corrected chi connectivity index (χ3v) is 4.90. The molecule has 30 heavy (non-hydrogen) atoms. The Kier molecular flexibility index (Phi) is 7.84. The fourth-order valence-electron chi connectivity index (χ4n) is 3.28. The molecule has 1 aliphatic heterocycles. The van der Waals surface area contributed by atoms with Gasteiger partial charge in [-0.15, -0.1) is 0 Å². The van der Waals surface area contributed by atoms with Crippen molar-refractivity contribution in [2.45, 2.75) is 32.9 Å². The standard InChI is InChI=1S/C22H33N5O3/c1-4-23-21(25-15-22(3,28)16-27-9-11-29-12-10-27)24-13-19-14-30-20(26-19)18-7-5-17(2)6-8-18/h5-8,14,28H,4,9-13,15-16H2,1-3H3,(H2,23,24,25). The molecule has 1 aliphatic rings. The number of aryl methyl sites for hydroxylation is 1. The maximum Gasteiger partial charge on any atom is 0.226 e. The molecule has 1 atom stereocenters. The van der Waals surface area contributed by atoms with Crippen LogP contribution in [0.15, 0.2) is 39.9 Å². The van der Waals surface area contributed by atoms with Gasteiger partial charge in [-0.1, -0.05) is 17.7 Å². The van der Waals surface area contributed by atoms with Crippen molar-refractivity contribution in [3.8, 4) is 11.5 Å². The van der Waals surface area contributed by atoms with E-state index >= 15 is 0 Å². The first-order chi connectivity index (χ1) is 14.4. The van der Waals surface area contributed by atoms with Gasteiger partial charge in [0.2, 0.25) is 5.89 Å². The molecule has 8 heteroatoms. The van der Waals surface area contributed by atoms with Crippen molar-refractivity contribution in [3.05, 3.63) is 41.8 Å². The Bertz CT molecular complexity index is 810. The van der Waals surface area contributed by atoms with Crippen LogP contribution in [0.1, 0.15) is 25.1 Å². The minimum Gasteiger partial charge on any atom is -0.444 e. The molecule has 2 aromatic rings. The molecular formula is C22H33N5O3. The number of hydrogen-bond donors (Lipinski definition) is 3. The number of guanidine groups is 1. The highest BCUT2D eigenvalue weighted by atomic mass is 16.5. The highest BCUT2D eigenvalue weighted by Gasteiger charge is 2.25. The van der Waals surface area contributed by atoms with Gasteiger partial charge in [0.15, 0.2) is 5.96 Å². The second-order valence-electron chi connectivity index (χ2n) is 7.94. The summed E-state index contributed by atoms with van der Waals surface area (Å²) in [4.78, 5) is 11.3. The number of nitrogens with zero attached hydrogens (tertiary/aromatic N) is 3. The van der Waals surface area contributed by atoms with Crippen LogP contribution >= 0.6 is 0 Å². The number of nitrogens with one attached hydrogen (secondary N) is 2. The van der Waals surface area contributed by atoms with Crippen molar-refractivity contribution in [1.82, 2.24) is 20.5 Å². The molecule has 1 saturated heterocycles. The lowest BCUT2D eigenvalue weighted by molar-refractivity contribution is -0.0201. The van der Waals surface area contributed by atoms with E-state index in [0.29, 0.717) is 31.5 Å². The number of ether oxygens (including phenoxy) is 1. The monoisotopic (exact) mass is 415 g/mol. The normalized spacial score (nSPS) is 17.5. The Morgan fingerprint density at radius 2 is 1.97 bits per heavy atom. The third kappa shape index (κ3) is 6.83. The average molecular weight is 416 g/mol. The van der Waals surface area contributed by atoms with E-state index in [2.05, 4.69) is 25.5 Å². The zero-order chi connectivity index (χ0) is 21.4. The number of rotatable bonds is 8. The van der Waals surface area contributed by atoms with Gasteiger partial charge in [-0.2, -0.15) is 0 Å². The molecule has 0 bridgehead atoms.